The minimum atomic E-state index is -2.92. The summed E-state index contributed by atoms with van der Waals surface area (Å²) in [6.45, 7) is -0.305. The standard InChI is InChI=1S/C20H17F3N2O2/c21-15-4-2-13(3-5-15)18-8-14-7-12(1-6-17(14)27-18)10-25-11-20(22,23)9-16(25)19(24)26/h1-8,16H,9-11H2,(H2,24,26). The van der Waals surface area contributed by atoms with Crippen LogP contribution in [0.1, 0.15) is 12.0 Å². The fourth-order valence-corrected chi connectivity index (χ4v) is 3.51. The van der Waals surface area contributed by atoms with Crippen LogP contribution in [0.4, 0.5) is 13.2 Å². The Hall–Kier alpha value is -2.80. The van der Waals surface area contributed by atoms with Gasteiger partial charge in [-0.1, -0.05) is 6.07 Å². The SMILES string of the molecule is NC(=O)C1CC(F)(F)CN1Cc1ccc2oc(-c3ccc(F)cc3)cc2c1. The van der Waals surface area contributed by atoms with Gasteiger partial charge in [-0.05, 0) is 48.0 Å². The number of benzene rings is 2. The van der Waals surface area contributed by atoms with Gasteiger partial charge in [-0.3, -0.25) is 9.69 Å². The predicted molar refractivity (Wildman–Crippen MR) is 94.6 cm³/mol. The first-order valence-corrected chi connectivity index (χ1v) is 8.50. The average molecular weight is 374 g/mol. The Morgan fingerprint density at radius 1 is 1.19 bits per heavy atom. The molecule has 140 valence electrons. The Morgan fingerprint density at radius 3 is 2.63 bits per heavy atom. The highest BCUT2D eigenvalue weighted by atomic mass is 19.3. The van der Waals surface area contributed by atoms with E-state index < -0.39 is 30.8 Å². The molecule has 1 aromatic heterocycles. The number of likely N-dealkylation sites (tertiary alicyclic amines) is 1. The molecule has 0 saturated carbocycles. The fourth-order valence-electron chi connectivity index (χ4n) is 3.51. The van der Waals surface area contributed by atoms with Crippen LogP contribution in [0, 0.1) is 5.82 Å². The molecule has 2 aromatic carbocycles. The van der Waals surface area contributed by atoms with E-state index >= 15 is 0 Å². The van der Waals surface area contributed by atoms with Crippen molar-refractivity contribution in [3.63, 3.8) is 0 Å². The second-order valence-corrected chi connectivity index (χ2v) is 6.87. The molecule has 0 spiro atoms. The molecule has 4 nitrogen and oxygen atoms in total. The topological polar surface area (TPSA) is 59.5 Å². The van der Waals surface area contributed by atoms with Crippen LogP contribution in [0.2, 0.25) is 0 Å². The summed E-state index contributed by atoms with van der Waals surface area (Å²) < 4.78 is 46.2. The van der Waals surface area contributed by atoms with Crippen LogP contribution in [0.15, 0.2) is 52.9 Å². The number of nitrogens with two attached hydrogens (primary N) is 1. The lowest BCUT2D eigenvalue weighted by Gasteiger charge is -2.21. The molecule has 1 aliphatic heterocycles. The van der Waals surface area contributed by atoms with Gasteiger partial charge in [0.15, 0.2) is 0 Å². The number of primary amides is 1. The summed E-state index contributed by atoms with van der Waals surface area (Å²) in [6, 6.07) is 12.2. The number of fused-ring (bicyclic) bond motifs is 1. The van der Waals surface area contributed by atoms with Gasteiger partial charge in [0.25, 0.3) is 5.92 Å². The molecule has 7 heteroatoms. The Balaban J connectivity index is 1.60. The van der Waals surface area contributed by atoms with Crippen molar-refractivity contribution in [1.82, 2.24) is 4.90 Å². The number of hydrogen-bond acceptors (Lipinski definition) is 3. The third-order valence-electron chi connectivity index (χ3n) is 4.79. The van der Waals surface area contributed by atoms with E-state index in [1.54, 1.807) is 24.3 Å². The molecular formula is C20H17F3N2O2. The van der Waals surface area contributed by atoms with Crippen LogP contribution in [0.25, 0.3) is 22.3 Å². The molecule has 2 N–H and O–H groups in total. The van der Waals surface area contributed by atoms with Crippen molar-refractivity contribution in [2.24, 2.45) is 5.73 Å². The third-order valence-corrected chi connectivity index (χ3v) is 4.79. The maximum Gasteiger partial charge on any atom is 0.262 e. The number of carbonyl (C=O) groups excluding carboxylic acids is 1. The summed E-state index contributed by atoms with van der Waals surface area (Å²) in [4.78, 5) is 12.9. The Labute approximate surface area is 153 Å². The van der Waals surface area contributed by atoms with Gasteiger partial charge in [0.2, 0.25) is 5.91 Å². The molecule has 0 bridgehead atoms. The molecule has 4 rings (SSSR count). The van der Waals surface area contributed by atoms with Crippen molar-refractivity contribution < 1.29 is 22.4 Å². The molecule has 2 heterocycles. The van der Waals surface area contributed by atoms with Gasteiger partial charge in [-0.2, -0.15) is 0 Å². The van der Waals surface area contributed by atoms with E-state index in [2.05, 4.69) is 0 Å². The number of furan rings is 1. The smallest absolute Gasteiger partial charge is 0.262 e. The second kappa shape index (κ2) is 6.42. The number of nitrogens with zero attached hydrogens (tertiary/aromatic N) is 1. The molecule has 3 aromatic rings. The van der Waals surface area contributed by atoms with Crippen LogP contribution in [-0.4, -0.2) is 29.3 Å². The van der Waals surface area contributed by atoms with Gasteiger partial charge in [0.1, 0.15) is 17.2 Å². The van der Waals surface area contributed by atoms with Crippen molar-refractivity contribution >= 4 is 16.9 Å². The number of amides is 1. The zero-order valence-electron chi connectivity index (χ0n) is 14.3. The lowest BCUT2D eigenvalue weighted by Crippen LogP contribution is -2.39. The van der Waals surface area contributed by atoms with E-state index in [4.69, 9.17) is 10.2 Å². The van der Waals surface area contributed by atoms with Gasteiger partial charge in [0, 0.05) is 23.9 Å². The molecular weight excluding hydrogens is 357 g/mol. The number of rotatable bonds is 4. The van der Waals surface area contributed by atoms with Gasteiger partial charge >= 0.3 is 0 Å². The molecule has 27 heavy (non-hydrogen) atoms. The first-order chi connectivity index (χ1) is 12.8. The Morgan fingerprint density at radius 2 is 1.93 bits per heavy atom. The summed E-state index contributed by atoms with van der Waals surface area (Å²) in [5, 5.41) is 0.799. The van der Waals surface area contributed by atoms with Crippen molar-refractivity contribution in [2.45, 2.75) is 24.9 Å². The largest absolute Gasteiger partial charge is 0.456 e. The van der Waals surface area contributed by atoms with Crippen LogP contribution < -0.4 is 5.73 Å². The van der Waals surface area contributed by atoms with Gasteiger partial charge in [-0.15, -0.1) is 0 Å². The summed E-state index contributed by atoms with van der Waals surface area (Å²) in [5.74, 6) is -3.40. The van der Waals surface area contributed by atoms with E-state index in [9.17, 15) is 18.0 Å². The summed E-state index contributed by atoms with van der Waals surface area (Å²) in [7, 11) is 0. The van der Waals surface area contributed by atoms with Crippen molar-refractivity contribution in [1.29, 1.82) is 0 Å². The van der Waals surface area contributed by atoms with E-state index in [0.717, 1.165) is 16.5 Å². The molecule has 1 fully saturated rings. The van der Waals surface area contributed by atoms with Crippen LogP contribution in [-0.2, 0) is 11.3 Å². The van der Waals surface area contributed by atoms with Crippen molar-refractivity contribution in [2.75, 3.05) is 6.54 Å². The molecule has 0 radical (unpaired) electrons. The molecule has 0 aliphatic carbocycles. The predicted octanol–water partition coefficient (Wildman–Crippen LogP) is 3.93. The summed E-state index contributed by atoms with van der Waals surface area (Å²) >= 11 is 0. The minimum Gasteiger partial charge on any atom is -0.456 e. The molecule has 1 aliphatic rings. The quantitative estimate of drug-likeness (QED) is 0.753. The van der Waals surface area contributed by atoms with Crippen molar-refractivity contribution in [3.05, 3.63) is 59.9 Å². The lowest BCUT2D eigenvalue weighted by molar-refractivity contribution is -0.122. The zero-order chi connectivity index (χ0) is 19.2. The minimum absolute atomic E-state index is 0.191. The number of hydrogen-bond donors (Lipinski definition) is 1. The molecule has 1 unspecified atom stereocenters. The van der Waals surface area contributed by atoms with E-state index in [1.807, 2.05) is 12.1 Å². The highest BCUT2D eigenvalue weighted by Crippen LogP contribution is 2.34. The summed E-state index contributed by atoms with van der Waals surface area (Å²) in [5.41, 5.74) is 7.43. The van der Waals surface area contributed by atoms with Gasteiger partial charge in [-0.25, -0.2) is 13.2 Å². The van der Waals surface area contributed by atoms with E-state index in [0.29, 0.717) is 11.3 Å². The van der Waals surface area contributed by atoms with Gasteiger partial charge in [0.05, 0.1) is 12.6 Å². The second-order valence-electron chi connectivity index (χ2n) is 6.87. The van der Waals surface area contributed by atoms with Gasteiger partial charge < -0.3 is 10.2 Å². The fraction of sp³-hybridized carbons (Fsp3) is 0.250. The van der Waals surface area contributed by atoms with E-state index in [1.165, 1.54) is 17.0 Å². The first kappa shape index (κ1) is 17.6. The zero-order valence-corrected chi connectivity index (χ0v) is 14.3. The van der Waals surface area contributed by atoms with Crippen LogP contribution in [0.3, 0.4) is 0 Å². The third kappa shape index (κ3) is 3.55. The monoisotopic (exact) mass is 374 g/mol. The average Bonchev–Trinajstić information content (AvgIpc) is 3.15. The molecule has 1 amide bonds. The molecule has 1 saturated heterocycles. The first-order valence-electron chi connectivity index (χ1n) is 8.50. The number of alkyl halides is 2. The lowest BCUT2D eigenvalue weighted by atomic mass is 10.1. The van der Waals surface area contributed by atoms with Crippen LogP contribution >= 0.6 is 0 Å². The number of carbonyl (C=O) groups is 1. The van der Waals surface area contributed by atoms with Crippen LogP contribution in [0.5, 0.6) is 0 Å². The maximum absolute atomic E-state index is 13.7. The van der Waals surface area contributed by atoms with Crippen molar-refractivity contribution in [3.8, 4) is 11.3 Å². The maximum atomic E-state index is 13.7. The highest BCUT2D eigenvalue weighted by Gasteiger charge is 2.47. The number of halogens is 3. The highest BCUT2D eigenvalue weighted by molar-refractivity contribution is 5.83. The normalized spacial score (nSPS) is 19.6. The van der Waals surface area contributed by atoms with E-state index in [-0.39, 0.29) is 12.4 Å². The Bertz CT molecular complexity index is 998. The molecule has 1 atom stereocenters. The Kier molecular flexibility index (Phi) is 4.19. The summed E-state index contributed by atoms with van der Waals surface area (Å²) in [6.07, 6.45) is -0.551.